The maximum atomic E-state index is 12.4. The lowest BCUT2D eigenvalue weighted by atomic mass is 10.1. The van der Waals surface area contributed by atoms with Crippen molar-refractivity contribution >= 4 is 34.6 Å². The summed E-state index contributed by atoms with van der Waals surface area (Å²) in [4.78, 5) is 47.3. The van der Waals surface area contributed by atoms with E-state index in [2.05, 4.69) is 63.8 Å². The summed E-state index contributed by atoms with van der Waals surface area (Å²) in [5, 5.41) is 11.1. The summed E-state index contributed by atoms with van der Waals surface area (Å²) in [5.74, 6) is 0.245. The third kappa shape index (κ3) is 13.1. The number of carbonyl (C=O) groups excluding carboxylic acids is 3. The Morgan fingerprint density at radius 3 is 2.35 bits per heavy atom. The number of fused-ring (bicyclic) bond motifs is 1. The molecule has 0 spiro atoms. The average molecular weight is 560 g/mol. The van der Waals surface area contributed by atoms with Crippen molar-refractivity contribution in [2.45, 2.75) is 40.5 Å². The van der Waals surface area contributed by atoms with Gasteiger partial charge in [0.05, 0.1) is 37.1 Å². The fourth-order valence-electron chi connectivity index (χ4n) is 3.61. The van der Waals surface area contributed by atoms with Gasteiger partial charge in [0.15, 0.2) is 0 Å². The molecule has 2 aromatic rings. The molecule has 2 rings (SSSR count). The van der Waals surface area contributed by atoms with Gasteiger partial charge in [0.2, 0.25) is 5.91 Å². The maximum absolute atomic E-state index is 12.4. The molecule has 0 fully saturated rings. The molecule has 12 heteroatoms. The lowest BCUT2D eigenvalue weighted by Crippen LogP contribution is -2.35. The quantitative estimate of drug-likeness (QED) is 0.192. The van der Waals surface area contributed by atoms with Crippen molar-refractivity contribution in [1.29, 1.82) is 0 Å². The normalized spacial score (nSPS) is 11.2. The van der Waals surface area contributed by atoms with E-state index in [4.69, 9.17) is 9.47 Å². The van der Waals surface area contributed by atoms with Crippen molar-refractivity contribution in [2.24, 2.45) is 5.92 Å². The van der Waals surface area contributed by atoms with Crippen molar-refractivity contribution < 1.29 is 23.9 Å². The van der Waals surface area contributed by atoms with Crippen molar-refractivity contribution in [3.63, 3.8) is 0 Å². The number of carbonyl (C=O) groups is 3. The van der Waals surface area contributed by atoms with Crippen LogP contribution in [0.15, 0.2) is 24.4 Å². The zero-order valence-electron chi connectivity index (χ0n) is 24.3. The molecule has 222 valence electrons. The van der Waals surface area contributed by atoms with Gasteiger partial charge in [-0.2, -0.15) is 0 Å². The van der Waals surface area contributed by atoms with E-state index < -0.39 is 0 Å². The number of urea groups is 1. The van der Waals surface area contributed by atoms with Gasteiger partial charge in [-0.15, -0.1) is 0 Å². The average Bonchev–Trinajstić information content (AvgIpc) is 2.94. The number of nitrogens with one attached hydrogen (secondary N) is 4. The summed E-state index contributed by atoms with van der Waals surface area (Å²) in [6, 6.07) is 4.72. The summed E-state index contributed by atoms with van der Waals surface area (Å²) in [6.45, 7) is 14.1. The van der Waals surface area contributed by atoms with Crippen LogP contribution in [0.25, 0.3) is 11.0 Å². The minimum atomic E-state index is -0.383. The first-order chi connectivity index (χ1) is 19.3. The van der Waals surface area contributed by atoms with Crippen LogP contribution in [-0.2, 0) is 14.3 Å². The fourth-order valence-corrected chi connectivity index (χ4v) is 3.61. The monoisotopic (exact) mass is 559 g/mol. The van der Waals surface area contributed by atoms with Crippen molar-refractivity contribution in [1.82, 2.24) is 30.8 Å². The largest absolute Gasteiger partial charge is 0.381 e. The molecule has 0 bridgehead atoms. The number of hydrogen-bond acceptors (Lipinski definition) is 8. The number of benzene rings is 1. The summed E-state index contributed by atoms with van der Waals surface area (Å²) < 4.78 is 10.9. The molecule has 0 radical (unpaired) electrons. The van der Waals surface area contributed by atoms with Gasteiger partial charge in [-0.1, -0.05) is 27.7 Å². The summed E-state index contributed by atoms with van der Waals surface area (Å²) in [7, 11) is 0. The van der Waals surface area contributed by atoms with Gasteiger partial charge in [0, 0.05) is 44.9 Å². The van der Waals surface area contributed by atoms with E-state index in [1.54, 1.807) is 18.2 Å². The van der Waals surface area contributed by atoms with Crippen LogP contribution in [0.5, 0.6) is 0 Å². The molecule has 0 aliphatic rings. The molecule has 1 aromatic carbocycles. The van der Waals surface area contributed by atoms with Crippen molar-refractivity contribution in [2.75, 3.05) is 71.0 Å². The number of hydrogen-bond donors (Lipinski definition) is 4. The second-order valence-electron chi connectivity index (χ2n) is 9.63. The Morgan fingerprint density at radius 1 is 0.900 bits per heavy atom. The second-order valence-corrected chi connectivity index (χ2v) is 9.63. The van der Waals surface area contributed by atoms with Gasteiger partial charge in [-0.3, -0.25) is 14.6 Å². The molecule has 0 saturated heterocycles. The van der Waals surface area contributed by atoms with Crippen LogP contribution < -0.4 is 21.3 Å². The van der Waals surface area contributed by atoms with E-state index >= 15 is 0 Å². The molecule has 12 nitrogen and oxygen atoms in total. The molecule has 4 N–H and O–H groups in total. The molecular weight excluding hydrogens is 514 g/mol. The number of nitrogens with zero attached hydrogens (tertiary/aromatic N) is 3. The van der Waals surface area contributed by atoms with Crippen LogP contribution in [0.2, 0.25) is 0 Å². The Balaban J connectivity index is 1.62. The van der Waals surface area contributed by atoms with E-state index in [0.29, 0.717) is 75.1 Å². The number of anilines is 1. The number of amides is 4. The van der Waals surface area contributed by atoms with Crippen LogP contribution in [0, 0.1) is 5.92 Å². The molecule has 4 amide bonds. The highest BCUT2D eigenvalue weighted by Gasteiger charge is 2.11. The molecule has 1 heterocycles. The lowest BCUT2D eigenvalue weighted by molar-refractivity contribution is -0.122. The zero-order chi connectivity index (χ0) is 29.2. The summed E-state index contributed by atoms with van der Waals surface area (Å²) >= 11 is 0. The molecule has 0 aliphatic carbocycles. The molecule has 1 aromatic heterocycles. The van der Waals surface area contributed by atoms with E-state index in [0.717, 1.165) is 26.1 Å². The van der Waals surface area contributed by atoms with Gasteiger partial charge < -0.3 is 35.6 Å². The highest BCUT2D eigenvalue weighted by atomic mass is 16.5. The Hall–Kier alpha value is -3.35. The topological polar surface area (TPSA) is 147 Å². The first kappa shape index (κ1) is 32.9. The van der Waals surface area contributed by atoms with Gasteiger partial charge in [-0.05, 0) is 43.6 Å². The molecule has 0 atom stereocenters. The van der Waals surface area contributed by atoms with E-state index in [-0.39, 0.29) is 23.5 Å². The SMILES string of the molecule is CCN(CC)CCNC(=O)c1cnc2cc(NC(=O)NCCOCCNC(=O)CCOCCC(C)C)ccc2n1. The molecule has 40 heavy (non-hydrogen) atoms. The lowest BCUT2D eigenvalue weighted by Gasteiger charge is -2.17. The molecule has 0 saturated carbocycles. The third-order valence-electron chi connectivity index (χ3n) is 6.05. The number of rotatable bonds is 19. The third-order valence-corrected chi connectivity index (χ3v) is 6.05. The van der Waals surface area contributed by atoms with Crippen LogP contribution in [0.3, 0.4) is 0 Å². The van der Waals surface area contributed by atoms with Crippen molar-refractivity contribution in [3.05, 3.63) is 30.1 Å². The molecule has 0 unspecified atom stereocenters. The van der Waals surface area contributed by atoms with Crippen molar-refractivity contribution in [3.8, 4) is 0 Å². The van der Waals surface area contributed by atoms with Crippen LogP contribution >= 0.6 is 0 Å². The zero-order valence-corrected chi connectivity index (χ0v) is 24.3. The summed E-state index contributed by atoms with van der Waals surface area (Å²) in [5.41, 5.74) is 1.91. The van der Waals surface area contributed by atoms with Crippen LogP contribution in [0.4, 0.5) is 10.5 Å². The molecular formula is C28H45N7O5. The first-order valence-electron chi connectivity index (χ1n) is 14.1. The fraction of sp³-hybridized carbons (Fsp3) is 0.607. The highest BCUT2D eigenvalue weighted by molar-refractivity contribution is 5.95. The number of aromatic nitrogens is 2. The predicted molar refractivity (Wildman–Crippen MR) is 155 cm³/mol. The van der Waals surface area contributed by atoms with E-state index in [1.807, 2.05) is 0 Å². The standard InChI is InChI=1S/C28H45N7O5/c1-5-35(6-2)14-11-30-27(37)25-20-32-24-19-22(7-8-23(24)34-25)33-28(38)31-13-18-40-17-12-29-26(36)10-16-39-15-9-21(3)4/h7-8,19-21H,5-6,9-18H2,1-4H3,(H,29,36)(H,30,37)(H2,31,33,38). The van der Waals surface area contributed by atoms with Gasteiger partial charge in [0.1, 0.15) is 5.69 Å². The number of likely N-dealkylation sites (N-methyl/N-ethyl adjacent to an activating group) is 1. The maximum Gasteiger partial charge on any atom is 0.319 e. The molecule has 0 aliphatic heterocycles. The van der Waals surface area contributed by atoms with Crippen LogP contribution in [0.1, 0.15) is 51.0 Å². The van der Waals surface area contributed by atoms with Gasteiger partial charge in [0.25, 0.3) is 5.91 Å². The smallest absolute Gasteiger partial charge is 0.319 e. The number of ether oxygens (including phenoxy) is 2. The van der Waals surface area contributed by atoms with Gasteiger partial charge >= 0.3 is 6.03 Å². The Kier molecular flexibility index (Phi) is 15.5. The Labute approximate surface area is 237 Å². The second kappa shape index (κ2) is 18.9. The minimum Gasteiger partial charge on any atom is -0.381 e. The Bertz CT molecular complexity index is 1060. The first-order valence-corrected chi connectivity index (χ1v) is 14.1. The summed E-state index contributed by atoms with van der Waals surface area (Å²) in [6.07, 6.45) is 2.74. The van der Waals surface area contributed by atoms with Crippen LogP contribution in [-0.4, -0.2) is 98.4 Å². The van der Waals surface area contributed by atoms with Gasteiger partial charge in [-0.25, -0.2) is 9.78 Å². The minimum absolute atomic E-state index is 0.0731. The Morgan fingerprint density at radius 2 is 1.62 bits per heavy atom. The predicted octanol–water partition coefficient (Wildman–Crippen LogP) is 2.41. The van der Waals surface area contributed by atoms with E-state index in [9.17, 15) is 14.4 Å². The highest BCUT2D eigenvalue weighted by Crippen LogP contribution is 2.16. The van der Waals surface area contributed by atoms with E-state index in [1.165, 1.54) is 6.20 Å².